The number of hydrogen-bond donors (Lipinski definition) is 1. The van der Waals surface area contributed by atoms with Gasteiger partial charge in [-0.2, -0.15) is 4.98 Å². The van der Waals surface area contributed by atoms with Crippen LogP contribution in [0.5, 0.6) is 11.6 Å². The minimum Gasteiger partial charge on any atom is -0.439 e. The molecule has 2 rings (SSSR count). The first kappa shape index (κ1) is 12.6. The molecule has 4 nitrogen and oxygen atoms in total. The van der Waals surface area contributed by atoms with Gasteiger partial charge in [-0.15, -0.1) is 0 Å². The van der Waals surface area contributed by atoms with E-state index in [2.05, 4.69) is 15.3 Å². The van der Waals surface area contributed by atoms with Gasteiger partial charge in [-0.1, -0.05) is 11.6 Å². The van der Waals surface area contributed by atoms with Crippen LogP contribution in [0, 0.1) is 12.7 Å². The second-order valence-corrected chi connectivity index (χ2v) is 4.01. The van der Waals surface area contributed by atoms with Crippen molar-refractivity contribution in [1.29, 1.82) is 0 Å². The molecule has 0 radical (unpaired) electrons. The zero-order valence-corrected chi connectivity index (χ0v) is 10.6. The number of nitrogens with one attached hydrogen (secondary N) is 1. The van der Waals surface area contributed by atoms with E-state index in [0.29, 0.717) is 17.6 Å². The molecule has 1 aromatic heterocycles. The van der Waals surface area contributed by atoms with Gasteiger partial charge in [-0.25, -0.2) is 9.37 Å². The van der Waals surface area contributed by atoms with Crippen molar-refractivity contribution >= 4 is 17.5 Å². The lowest BCUT2D eigenvalue weighted by Gasteiger charge is -2.07. The van der Waals surface area contributed by atoms with Crippen LogP contribution in [0.25, 0.3) is 0 Å². The fraction of sp³-hybridized carbons (Fsp3) is 0.167. The second kappa shape index (κ2) is 5.18. The van der Waals surface area contributed by atoms with E-state index >= 15 is 0 Å². The lowest BCUT2D eigenvalue weighted by molar-refractivity contribution is 0.460. The molecule has 0 saturated heterocycles. The smallest absolute Gasteiger partial charge is 0.225 e. The predicted octanol–water partition coefficient (Wildman–Crippen LogP) is 3.41. The number of ether oxygens (including phenoxy) is 1. The molecule has 0 aliphatic rings. The lowest BCUT2D eigenvalue weighted by atomic mass is 10.3. The number of rotatable bonds is 3. The summed E-state index contributed by atoms with van der Waals surface area (Å²) in [7, 11) is 1.72. The lowest BCUT2D eigenvalue weighted by Crippen LogP contribution is -1.99. The largest absolute Gasteiger partial charge is 0.439 e. The Hall–Kier alpha value is -1.88. The highest BCUT2D eigenvalue weighted by atomic mass is 35.5. The first-order valence-corrected chi connectivity index (χ1v) is 5.62. The third kappa shape index (κ3) is 2.87. The summed E-state index contributed by atoms with van der Waals surface area (Å²) in [6.07, 6.45) is 0. The zero-order chi connectivity index (χ0) is 13.1. The van der Waals surface area contributed by atoms with Gasteiger partial charge in [0.1, 0.15) is 11.6 Å². The summed E-state index contributed by atoms with van der Waals surface area (Å²) in [5.41, 5.74) is 0.762. The molecule has 0 saturated carbocycles. The Labute approximate surface area is 109 Å². The van der Waals surface area contributed by atoms with Crippen molar-refractivity contribution in [2.24, 2.45) is 0 Å². The van der Waals surface area contributed by atoms with Crippen LogP contribution in [0.3, 0.4) is 0 Å². The van der Waals surface area contributed by atoms with E-state index in [4.69, 9.17) is 16.3 Å². The number of nitrogens with zero attached hydrogens (tertiary/aromatic N) is 2. The number of aryl methyl sites for hydroxylation is 1. The molecular weight excluding hydrogens is 257 g/mol. The Morgan fingerprint density at radius 2 is 2.06 bits per heavy atom. The van der Waals surface area contributed by atoms with E-state index < -0.39 is 5.82 Å². The molecule has 0 aliphatic carbocycles. The fourth-order valence-corrected chi connectivity index (χ4v) is 1.54. The van der Waals surface area contributed by atoms with Crippen LogP contribution < -0.4 is 10.1 Å². The average molecular weight is 268 g/mol. The molecule has 2 aromatic rings. The van der Waals surface area contributed by atoms with Gasteiger partial charge in [0, 0.05) is 24.9 Å². The third-order valence-electron chi connectivity index (χ3n) is 2.17. The number of aromatic nitrogens is 2. The third-order valence-corrected chi connectivity index (χ3v) is 2.46. The minimum atomic E-state index is -0.487. The first-order valence-electron chi connectivity index (χ1n) is 5.25. The van der Waals surface area contributed by atoms with Gasteiger partial charge >= 0.3 is 0 Å². The van der Waals surface area contributed by atoms with E-state index in [1.165, 1.54) is 18.2 Å². The molecule has 94 valence electrons. The Bertz CT molecular complexity index is 577. The summed E-state index contributed by atoms with van der Waals surface area (Å²) >= 11 is 5.67. The van der Waals surface area contributed by atoms with Crippen molar-refractivity contribution in [3.05, 3.63) is 40.8 Å². The molecule has 1 N–H and O–H groups in total. The van der Waals surface area contributed by atoms with Crippen LogP contribution in [-0.4, -0.2) is 17.0 Å². The molecule has 0 bridgehead atoms. The van der Waals surface area contributed by atoms with Gasteiger partial charge in [0.2, 0.25) is 11.8 Å². The monoisotopic (exact) mass is 267 g/mol. The van der Waals surface area contributed by atoms with E-state index in [0.717, 1.165) is 5.69 Å². The first-order chi connectivity index (χ1) is 8.58. The normalized spacial score (nSPS) is 10.2. The van der Waals surface area contributed by atoms with Crippen LogP contribution in [0.1, 0.15) is 5.69 Å². The molecule has 0 fully saturated rings. The molecule has 1 heterocycles. The molecule has 0 atom stereocenters. The van der Waals surface area contributed by atoms with Crippen molar-refractivity contribution in [2.75, 3.05) is 12.4 Å². The maximum atomic E-state index is 13.0. The van der Waals surface area contributed by atoms with Crippen LogP contribution in [-0.2, 0) is 0 Å². The van der Waals surface area contributed by atoms with Crippen LogP contribution in [0.15, 0.2) is 24.3 Å². The van der Waals surface area contributed by atoms with E-state index in [9.17, 15) is 4.39 Å². The molecule has 0 aliphatic heterocycles. The van der Waals surface area contributed by atoms with E-state index in [1.807, 2.05) is 6.92 Å². The van der Waals surface area contributed by atoms with Crippen molar-refractivity contribution in [1.82, 2.24) is 9.97 Å². The Kier molecular flexibility index (Phi) is 3.62. The van der Waals surface area contributed by atoms with E-state index in [-0.39, 0.29) is 5.02 Å². The molecule has 6 heteroatoms. The standard InChI is InChI=1S/C12H11ClFN3O/c1-7-5-11(17-12(15-2)16-7)18-8-3-4-10(14)9(13)6-8/h3-6H,1-2H3,(H,15,16,17). The number of halogens is 2. The SMILES string of the molecule is CNc1nc(C)cc(Oc2ccc(F)c(Cl)c2)n1. The van der Waals surface area contributed by atoms with Crippen molar-refractivity contribution in [3.63, 3.8) is 0 Å². The highest BCUT2D eigenvalue weighted by Crippen LogP contribution is 2.25. The highest BCUT2D eigenvalue weighted by molar-refractivity contribution is 6.30. The number of benzene rings is 1. The van der Waals surface area contributed by atoms with E-state index in [1.54, 1.807) is 13.1 Å². The van der Waals surface area contributed by atoms with Gasteiger partial charge in [-0.3, -0.25) is 0 Å². The maximum absolute atomic E-state index is 13.0. The zero-order valence-electron chi connectivity index (χ0n) is 9.87. The summed E-state index contributed by atoms with van der Waals surface area (Å²) in [6.45, 7) is 1.83. The Balaban J connectivity index is 2.27. The van der Waals surface area contributed by atoms with Crippen molar-refractivity contribution in [3.8, 4) is 11.6 Å². The summed E-state index contributed by atoms with van der Waals surface area (Å²) in [4.78, 5) is 8.26. The fourth-order valence-electron chi connectivity index (χ4n) is 1.36. The highest BCUT2D eigenvalue weighted by Gasteiger charge is 2.06. The topological polar surface area (TPSA) is 47.0 Å². The van der Waals surface area contributed by atoms with Crippen LogP contribution in [0.4, 0.5) is 10.3 Å². The van der Waals surface area contributed by atoms with Crippen molar-refractivity contribution < 1.29 is 9.13 Å². The Morgan fingerprint density at radius 3 is 2.72 bits per heavy atom. The summed E-state index contributed by atoms with van der Waals surface area (Å²) < 4.78 is 18.5. The maximum Gasteiger partial charge on any atom is 0.225 e. The van der Waals surface area contributed by atoms with Gasteiger partial charge < -0.3 is 10.1 Å². The number of anilines is 1. The average Bonchev–Trinajstić information content (AvgIpc) is 2.33. The van der Waals surface area contributed by atoms with Crippen molar-refractivity contribution in [2.45, 2.75) is 6.92 Å². The van der Waals surface area contributed by atoms with Crippen LogP contribution >= 0.6 is 11.6 Å². The molecule has 18 heavy (non-hydrogen) atoms. The van der Waals surface area contributed by atoms with Gasteiger partial charge in [-0.05, 0) is 19.1 Å². The summed E-state index contributed by atoms with van der Waals surface area (Å²) in [6, 6.07) is 5.80. The van der Waals surface area contributed by atoms with Gasteiger partial charge in [0.25, 0.3) is 0 Å². The summed E-state index contributed by atoms with van der Waals surface area (Å²) in [5.74, 6) is 0.757. The molecule has 0 amide bonds. The quantitative estimate of drug-likeness (QED) is 0.926. The Morgan fingerprint density at radius 1 is 1.28 bits per heavy atom. The predicted molar refractivity (Wildman–Crippen MR) is 67.8 cm³/mol. The molecular formula is C12H11ClFN3O. The minimum absolute atomic E-state index is 0.00659. The van der Waals surface area contributed by atoms with Gasteiger partial charge in [0.15, 0.2) is 0 Å². The summed E-state index contributed by atoms with van der Waals surface area (Å²) in [5, 5.41) is 2.83. The number of hydrogen-bond acceptors (Lipinski definition) is 4. The van der Waals surface area contributed by atoms with Crippen LogP contribution in [0.2, 0.25) is 5.02 Å². The second-order valence-electron chi connectivity index (χ2n) is 3.60. The van der Waals surface area contributed by atoms with Gasteiger partial charge in [0.05, 0.1) is 5.02 Å². The molecule has 0 unspecified atom stereocenters. The molecule has 1 aromatic carbocycles. The molecule has 0 spiro atoms.